The van der Waals surface area contributed by atoms with E-state index in [9.17, 15) is 4.79 Å². The number of benzene rings is 1. The van der Waals surface area contributed by atoms with Gasteiger partial charge in [0.2, 0.25) is 5.91 Å². The zero-order valence-corrected chi connectivity index (χ0v) is 12.7. The number of carbonyl (C=O) groups excluding carboxylic acids is 1. The molecule has 0 spiro atoms. The molecule has 0 fully saturated rings. The number of hydrogen-bond donors (Lipinski definition) is 2. The molecule has 0 radical (unpaired) electrons. The molecular weight excluding hydrogens is 260 g/mol. The largest absolute Gasteiger partial charge is 0.356 e. The first-order valence-electron chi connectivity index (χ1n) is 6.58. The molecular formula is C15H25ClN2O. The van der Waals surface area contributed by atoms with Crippen molar-refractivity contribution in [2.45, 2.75) is 33.2 Å². The minimum absolute atomic E-state index is 0. The number of nitrogens with two attached hydrogens (primary N) is 1. The topological polar surface area (TPSA) is 55.1 Å². The summed E-state index contributed by atoms with van der Waals surface area (Å²) in [4.78, 5) is 11.8. The van der Waals surface area contributed by atoms with Gasteiger partial charge in [0.1, 0.15) is 0 Å². The van der Waals surface area contributed by atoms with Crippen molar-refractivity contribution in [3.05, 3.63) is 35.9 Å². The molecule has 2 unspecified atom stereocenters. The molecule has 0 saturated heterocycles. The molecule has 0 heterocycles. The van der Waals surface area contributed by atoms with Crippen LogP contribution < -0.4 is 11.1 Å². The van der Waals surface area contributed by atoms with E-state index in [1.54, 1.807) is 0 Å². The summed E-state index contributed by atoms with van der Waals surface area (Å²) in [5.74, 6) is 1.09. The van der Waals surface area contributed by atoms with Gasteiger partial charge in [0, 0.05) is 19.0 Å². The Morgan fingerprint density at radius 3 is 2.32 bits per heavy atom. The van der Waals surface area contributed by atoms with Crippen LogP contribution in [0.1, 0.15) is 38.8 Å². The normalized spacial score (nSPS) is 13.5. The van der Waals surface area contributed by atoms with Gasteiger partial charge in [-0.15, -0.1) is 12.4 Å². The van der Waals surface area contributed by atoms with E-state index in [0.717, 1.165) is 12.1 Å². The highest BCUT2D eigenvalue weighted by Gasteiger charge is 2.13. The van der Waals surface area contributed by atoms with Gasteiger partial charge in [-0.2, -0.15) is 0 Å². The smallest absolute Gasteiger partial charge is 0.221 e. The number of nitrogens with one attached hydrogen (secondary N) is 1. The number of halogens is 1. The van der Waals surface area contributed by atoms with Crippen LogP contribution in [0.2, 0.25) is 0 Å². The molecule has 0 aliphatic rings. The average Bonchev–Trinajstić information content (AvgIpc) is 2.36. The molecule has 0 aromatic heterocycles. The Morgan fingerprint density at radius 1 is 1.21 bits per heavy atom. The SMILES string of the molecule is CC(C)C(C)CNC(=O)CC(N)c1ccccc1.Cl. The molecule has 0 bridgehead atoms. The summed E-state index contributed by atoms with van der Waals surface area (Å²) in [5.41, 5.74) is 7.01. The summed E-state index contributed by atoms with van der Waals surface area (Å²) in [7, 11) is 0. The molecule has 108 valence electrons. The first-order chi connectivity index (χ1) is 8.50. The summed E-state index contributed by atoms with van der Waals surface area (Å²) < 4.78 is 0. The van der Waals surface area contributed by atoms with Crippen LogP contribution in [0, 0.1) is 11.8 Å². The average molecular weight is 285 g/mol. The summed E-state index contributed by atoms with van der Waals surface area (Å²) in [6, 6.07) is 9.51. The lowest BCUT2D eigenvalue weighted by atomic mass is 9.98. The zero-order chi connectivity index (χ0) is 13.5. The molecule has 1 amide bonds. The number of hydrogen-bond acceptors (Lipinski definition) is 2. The molecule has 0 aliphatic carbocycles. The Bertz CT molecular complexity index is 368. The van der Waals surface area contributed by atoms with Gasteiger partial charge in [0.15, 0.2) is 0 Å². The van der Waals surface area contributed by atoms with Crippen molar-refractivity contribution in [1.82, 2.24) is 5.32 Å². The van der Waals surface area contributed by atoms with Gasteiger partial charge in [0.05, 0.1) is 0 Å². The molecule has 1 aromatic rings. The maximum absolute atomic E-state index is 11.8. The van der Waals surface area contributed by atoms with E-state index in [0.29, 0.717) is 18.3 Å². The first kappa shape index (κ1) is 17.9. The van der Waals surface area contributed by atoms with Crippen molar-refractivity contribution in [3.63, 3.8) is 0 Å². The molecule has 2 atom stereocenters. The quantitative estimate of drug-likeness (QED) is 0.844. The van der Waals surface area contributed by atoms with Crippen LogP contribution in [0.3, 0.4) is 0 Å². The maximum atomic E-state index is 11.8. The van der Waals surface area contributed by atoms with Gasteiger partial charge in [-0.3, -0.25) is 4.79 Å². The highest BCUT2D eigenvalue weighted by Crippen LogP contribution is 2.13. The fourth-order valence-corrected chi connectivity index (χ4v) is 1.60. The van der Waals surface area contributed by atoms with Crippen LogP contribution in [0.25, 0.3) is 0 Å². The third-order valence-corrected chi connectivity index (χ3v) is 3.39. The van der Waals surface area contributed by atoms with Gasteiger partial charge in [0.25, 0.3) is 0 Å². The fraction of sp³-hybridized carbons (Fsp3) is 0.533. The van der Waals surface area contributed by atoms with Gasteiger partial charge in [-0.25, -0.2) is 0 Å². The summed E-state index contributed by atoms with van der Waals surface area (Å²) in [6.07, 6.45) is 0.342. The van der Waals surface area contributed by atoms with Gasteiger partial charge >= 0.3 is 0 Å². The standard InChI is InChI=1S/C15H24N2O.ClH/c1-11(2)12(3)10-17-15(18)9-14(16)13-7-5-4-6-8-13;/h4-8,11-12,14H,9-10,16H2,1-3H3,(H,17,18);1H. The minimum Gasteiger partial charge on any atom is -0.356 e. The lowest BCUT2D eigenvalue weighted by molar-refractivity contribution is -0.121. The van der Waals surface area contributed by atoms with Crippen molar-refractivity contribution in [2.24, 2.45) is 17.6 Å². The Morgan fingerprint density at radius 2 is 1.79 bits per heavy atom. The lowest BCUT2D eigenvalue weighted by Gasteiger charge is -2.17. The second-order valence-electron chi connectivity index (χ2n) is 5.25. The number of carbonyl (C=O) groups is 1. The van der Waals surface area contributed by atoms with E-state index >= 15 is 0 Å². The second-order valence-corrected chi connectivity index (χ2v) is 5.25. The lowest BCUT2D eigenvalue weighted by Crippen LogP contribution is -2.32. The van der Waals surface area contributed by atoms with Crippen LogP contribution in [0.4, 0.5) is 0 Å². The number of amides is 1. The van der Waals surface area contributed by atoms with E-state index in [1.807, 2.05) is 30.3 Å². The van der Waals surface area contributed by atoms with Crippen molar-refractivity contribution in [2.75, 3.05) is 6.54 Å². The summed E-state index contributed by atoms with van der Waals surface area (Å²) in [6.45, 7) is 7.18. The van der Waals surface area contributed by atoms with Crippen molar-refractivity contribution in [1.29, 1.82) is 0 Å². The van der Waals surface area contributed by atoms with Crippen LogP contribution in [-0.2, 0) is 4.79 Å². The highest BCUT2D eigenvalue weighted by molar-refractivity contribution is 5.85. The zero-order valence-electron chi connectivity index (χ0n) is 11.9. The van der Waals surface area contributed by atoms with Gasteiger partial charge < -0.3 is 11.1 Å². The molecule has 3 nitrogen and oxygen atoms in total. The molecule has 1 aromatic carbocycles. The Hall–Kier alpha value is -1.06. The second kappa shape index (κ2) is 8.94. The third kappa shape index (κ3) is 6.60. The molecule has 0 saturated carbocycles. The van der Waals surface area contributed by atoms with Crippen molar-refractivity contribution < 1.29 is 4.79 Å². The predicted molar refractivity (Wildman–Crippen MR) is 82.2 cm³/mol. The van der Waals surface area contributed by atoms with Crippen LogP contribution in [-0.4, -0.2) is 12.5 Å². The molecule has 1 rings (SSSR count). The molecule has 0 aliphatic heterocycles. The van der Waals surface area contributed by atoms with Gasteiger partial charge in [-0.1, -0.05) is 51.1 Å². The van der Waals surface area contributed by atoms with Gasteiger partial charge in [-0.05, 0) is 17.4 Å². The summed E-state index contributed by atoms with van der Waals surface area (Å²) >= 11 is 0. The minimum atomic E-state index is -0.222. The maximum Gasteiger partial charge on any atom is 0.221 e. The van der Waals surface area contributed by atoms with E-state index < -0.39 is 0 Å². The Balaban J connectivity index is 0.00000324. The molecule has 3 N–H and O–H groups in total. The van der Waals surface area contributed by atoms with Crippen LogP contribution in [0.5, 0.6) is 0 Å². The Kier molecular flexibility index (Phi) is 8.44. The predicted octanol–water partition coefficient (Wildman–Crippen LogP) is 2.91. The third-order valence-electron chi connectivity index (χ3n) is 3.39. The first-order valence-corrected chi connectivity index (χ1v) is 6.58. The van der Waals surface area contributed by atoms with Crippen molar-refractivity contribution in [3.8, 4) is 0 Å². The van der Waals surface area contributed by atoms with E-state index in [4.69, 9.17) is 5.73 Å². The monoisotopic (exact) mass is 284 g/mol. The van der Waals surface area contributed by atoms with E-state index in [2.05, 4.69) is 26.1 Å². The number of rotatable bonds is 6. The van der Waals surface area contributed by atoms with Crippen LogP contribution in [0.15, 0.2) is 30.3 Å². The Labute approximate surface area is 122 Å². The molecule has 19 heavy (non-hydrogen) atoms. The molecule has 4 heteroatoms. The van der Waals surface area contributed by atoms with Crippen LogP contribution >= 0.6 is 12.4 Å². The summed E-state index contributed by atoms with van der Waals surface area (Å²) in [5, 5.41) is 2.95. The highest BCUT2D eigenvalue weighted by atomic mass is 35.5. The fourth-order valence-electron chi connectivity index (χ4n) is 1.60. The van der Waals surface area contributed by atoms with E-state index in [-0.39, 0.29) is 24.4 Å². The van der Waals surface area contributed by atoms with Crippen molar-refractivity contribution >= 4 is 18.3 Å². The van der Waals surface area contributed by atoms with E-state index in [1.165, 1.54) is 0 Å².